The zero-order valence-corrected chi connectivity index (χ0v) is 11.6. The van der Waals surface area contributed by atoms with E-state index >= 15 is 0 Å². The van der Waals surface area contributed by atoms with Gasteiger partial charge >= 0.3 is 0 Å². The van der Waals surface area contributed by atoms with Gasteiger partial charge in [-0.15, -0.1) is 11.8 Å². The summed E-state index contributed by atoms with van der Waals surface area (Å²) in [5.74, 6) is 0.594. The van der Waals surface area contributed by atoms with Gasteiger partial charge in [0.2, 0.25) is 5.91 Å². The molecular formula is C15H16N2OS. The van der Waals surface area contributed by atoms with Crippen molar-refractivity contribution in [2.75, 3.05) is 12.8 Å². The highest BCUT2D eigenvalue weighted by molar-refractivity contribution is 8.00. The fourth-order valence-corrected chi connectivity index (χ4v) is 2.48. The zero-order chi connectivity index (χ0) is 13.5. The molecule has 0 aliphatic carbocycles. The van der Waals surface area contributed by atoms with E-state index in [1.165, 1.54) is 0 Å². The molecule has 0 fully saturated rings. The van der Waals surface area contributed by atoms with Gasteiger partial charge in [0, 0.05) is 30.9 Å². The molecule has 1 heterocycles. The van der Waals surface area contributed by atoms with Gasteiger partial charge in [-0.05, 0) is 29.8 Å². The highest BCUT2D eigenvalue weighted by Crippen LogP contribution is 2.17. The third-order valence-corrected chi connectivity index (χ3v) is 3.70. The molecule has 1 amide bonds. The molecule has 1 aromatic heterocycles. The summed E-state index contributed by atoms with van der Waals surface area (Å²) in [7, 11) is 1.83. The number of benzene rings is 1. The van der Waals surface area contributed by atoms with Crippen LogP contribution in [0.2, 0.25) is 0 Å². The minimum Gasteiger partial charge on any atom is -0.341 e. The van der Waals surface area contributed by atoms with Crippen LogP contribution in [-0.2, 0) is 11.3 Å². The number of hydrogen-bond acceptors (Lipinski definition) is 3. The molecule has 0 N–H and O–H groups in total. The van der Waals surface area contributed by atoms with Gasteiger partial charge in [0.1, 0.15) is 0 Å². The van der Waals surface area contributed by atoms with Crippen molar-refractivity contribution in [2.24, 2.45) is 0 Å². The fourth-order valence-electron chi connectivity index (χ4n) is 1.62. The SMILES string of the molecule is CN(Cc1ccncc1)C(=O)CSc1ccccc1. The molecule has 2 aromatic rings. The first-order valence-corrected chi connectivity index (χ1v) is 7.05. The minimum absolute atomic E-state index is 0.130. The molecule has 0 atom stereocenters. The standard InChI is InChI=1S/C15H16N2OS/c1-17(11-13-7-9-16-10-8-13)15(18)12-19-14-5-3-2-4-6-14/h2-10H,11-12H2,1H3. The summed E-state index contributed by atoms with van der Waals surface area (Å²) in [5, 5.41) is 0. The Bertz CT molecular complexity index is 516. The van der Waals surface area contributed by atoms with Crippen molar-refractivity contribution in [3.63, 3.8) is 0 Å². The maximum Gasteiger partial charge on any atom is 0.232 e. The number of rotatable bonds is 5. The normalized spacial score (nSPS) is 10.2. The second-order valence-corrected chi connectivity index (χ2v) is 5.26. The predicted octanol–water partition coefficient (Wildman–Crippen LogP) is 2.83. The fraction of sp³-hybridized carbons (Fsp3) is 0.200. The first-order valence-electron chi connectivity index (χ1n) is 6.06. The van der Waals surface area contributed by atoms with Crippen molar-refractivity contribution in [1.29, 1.82) is 0 Å². The van der Waals surface area contributed by atoms with E-state index < -0.39 is 0 Å². The summed E-state index contributed by atoms with van der Waals surface area (Å²) in [6.45, 7) is 0.622. The largest absolute Gasteiger partial charge is 0.341 e. The third kappa shape index (κ3) is 4.41. The number of carbonyl (C=O) groups is 1. The van der Waals surface area contributed by atoms with E-state index in [9.17, 15) is 4.79 Å². The van der Waals surface area contributed by atoms with E-state index in [1.807, 2.05) is 49.5 Å². The molecule has 0 saturated heterocycles. The highest BCUT2D eigenvalue weighted by Gasteiger charge is 2.09. The van der Waals surface area contributed by atoms with Gasteiger partial charge < -0.3 is 4.90 Å². The van der Waals surface area contributed by atoms with Crippen molar-refractivity contribution in [3.05, 3.63) is 60.4 Å². The second-order valence-electron chi connectivity index (χ2n) is 4.21. The molecule has 19 heavy (non-hydrogen) atoms. The van der Waals surface area contributed by atoms with Crippen molar-refractivity contribution in [2.45, 2.75) is 11.4 Å². The zero-order valence-electron chi connectivity index (χ0n) is 10.8. The Morgan fingerprint density at radius 2 is 1.84 bits per heavy atom. The Labute approximate surface area is 117 Å². The topological polar surface area (TPSA) is 33.2 Å². The summed E-state index contributed by atoms with van der Waals surface area (Å²) in [6.07, 6.45) is 3.48. The number of nitrogens with zero attached hydrogens (tertiary/aromatic N) is 2. The monoisotopic (exact) mass is 272 g/mol. The predicted molar refractivity (Wildman–Crippen MR) is 77.9 cm³/mol. The van der Waals surface area contributed by atoms with Crippen LogP contribution in [0.15, 0.2) is 59.8 Å². The average molecular weight is 272 g/mol. The molecule has 0 saturated carbocycles. The molecule has 0 bridgehead atoms. The van der Waals surface area contributed by atoms with Crippen LogP contribution in [0.1, 0.15) is 5.56 Å². The molecule has 0 radical (unpaired) electrons. The molecule has 0 unspecified atom stereocenters. The van der Waals surface area contributed by atoms with Gasteiger partial charge in [0.25, 0.3) is 0 Å². The van der Waals surface area contributed by atoms with Crippen molar-refractivity contribution in [3.8, 4) is 0 Å². The number of hydrogen-bond donors (Lipinski definition) is 0. The Morgan fingerprint density at radius 3 is 2.53 bits per heavy atom. The van der Waals surface area contributed by atoms with Gasteiger partial charge in [-0.1, -0.05) is 18.2 Å². The first-order chi connectivity index (χ1) is 9.25. The van der Waals surface area contributed by atoms with E-state index in [2.05, 4.69) is 4.98 Å². The Kier molecular flexibility index (Phi) is 4.98. The van der Waals surface area contributed by atoms with E-state index in [-0.39, 0.29) is 5.91 Å². The summed E-state index contributed by atoms with van der Waals surface area (Å²) in [6, 6.07) is 13.8. The van der Waals surface area contributed by atoms with Crippen LogP contribution in [-0.4, -0.2) is 28.6 Å². The summed E-state index contributed by atoms with van der Waals surface area (Å²) < 4.78 is 0. The lowest BCUT2D eigenvalue weighted by Crippen LogP contribution is -2.27. The summed E-state index contributed by atoms with van der Waals surface area (Å²) in [5.41, 5.74) is 1.09. The number of thioether (sulfide) groups is 1. The average Bonchev–Trinajstić information content (AvgIpc) is 2.47. The maximum absolute atomic E-state index is 12.0. The third-order valence-electron chi connectivity index (χ3n) is 2.70. The van der Waals surface area contributed by atoms with Gasteiger partial charge in [0.05, 0.1) is 5.75 Å². The molecule has 0 aliphatic heterocycles. The van der Waals surface area contributed by atoms with E-state index in [1.54, 1.807) is 29.1 Å². The lowest BCUT2D eigenvalue weighted by molar-refractivity contribution is -0.127. The molecule has 0 aliphatic rings. The van der Waals surface area contributed by atoms with Crippen LogP contribution < -0.4 is 0 Å². The summed E-state index contributed by atoms with van der Waals surface area (Å²) in [4.78, 5) is 18.8. The van der Waals surface area contributed by atoms with E-state index in [0.29, 0.717) is 12.3 Å². The van der Waals surface area contributed by atoms with Crippen LogP contribution in [0.5, 0.6) is 0 Å². The Morgan fingerprint density at radius 1 is 1.16 bits per heavy atom. The minimum atomic E-state index is 0.130. The lowest BCUT2D eigenvalue weighted by Gasteiger charge is -2.16. The van der Waals surface area contributed by atoms with Crippen LogP contribution >= 0.6 is 11.8 Å². The number of carbonyl (C=O) groups excluding carboxylic acids is 1. The molecule has 3 nitrogen and oxygen atoms in total. The first kappa shape index (κ1) is 13.6. The molecule has 1 aromatic carbocycles. The second kappa shape index (κ2) is 6.95. The maximum atomic E-state index is 12.0. The van der Waals surface area contributed by atoms with Crippen LogP contribution in [0.25, 0.3) is 0 Å². The van der Waals surface area contributed by atoms with Crippen molar-refractivity contribution in [1.82, 2.24) is 9.88 Å². The van der Waals surface area contributed by atoms with Crippen LogP contribution in [0.4, 0.5) is 0 Å². The highest BCUT2D eigenvalue weighted by atomic mass is 32.2. The summed E-state index contributed by atoms with van der Waals surface area (Å²) >= 11 is 1.56. The smallest absolute Gasteiger partial charge is 0.232 e. The number of aromatic nitrogens is 1. The van der Waals surface area contributed by atoms with Crippen LogP contribution in [0.3, 0.4) is 0 Å². The van der Waals surface area contributed by atoms with Gasteiger partial charge in [-0.3, -0.25) is 9.78 Å². The Balaban J connectivity index is 1.83. The molecule has 0 spiro atoms. The van der Waals surface area contributed by atoms with Gasteiger partial charge in [-0.2, -0.15) is 0 Å². The van der Waals surface area contributed by atoms with Gasteiger partial charge in [-0.25, -0.2) is 0 Å². The van der Waals surface area contributed by atoms with E-state index in [0.717, 1.165) is 10.5 Å². The molecule has 4 heteroatoms. The van der Waals surface area contributed by atoms with E-state index in [4.69, 9.17) is 0 Å². The molecule has 98 valence electrons. The van der Waals surface area contributed by atoms with Crippen molar-refractivity contribution < 1.29 is 4.79 Å². The lowest BCUT2D eigenvalue weighted by atomic mass is 10.2. The van der Waals surface area contributed by atoms with Crippen LogP contribution in [0, 0.1) is 0 Å². The number of pyridine rings is 1. The van der Waals surface area contributed by atoms with Crippen molar-refractivity contribution >= 4 is 17.7 Å². The Hall–Kier alpha value is -1.81. The molecular weight excluding hydrogens is 256 g/mol. The number of amides is 1. The quantitative estimate of drug-likeness (QED) is 0.785. The molecule has 2 rings (SSSR count). The van der Waals surface area contributed by atoms with Gasteiger partial charge in [0.15, 0.2) is 0 Å².